The largest absolute Gasteiger partial charge is 0.456 e. The summed E-state index contributed by atoms with van der Waals surface area (Å²) in [6, 6.07) is 47.6. The fourth-order valence-electron chi connectivity index (χ4n) is 8.40. The summed E-state index contributed by atoms with van der Waals surface area (Å²) in [7, 11) is 0. The van der Waals surface area contributed by atoms with Crippen molar-refractivity contribution < 1.29 is 9.13 Å². The van der Waals surface area contributed by atoms with Gasteiger partial charge in [-0.05, 0) is 95.9 Å². The maximum absolute atomic E-state index is 14.3. The molecule has 3 atom stereocenters. The van der Waals surface area contributed by atoms with Crippen LogP contribution in [0.25, 0.3) is 44.6 Å². The van der Waals surface area contributed by atoms with E-state index in [2.05, 4.69) is 143 Å². The van der Waals surface area contributed by atoms with Crippen molar-refractivity contribution in [2.75, 3.05) is 4.90 Å². The lowest BCUT2D eigenvalue weighted by Crippen LogP contribution is -2.32. The molecule has 10 rings (SSSR count). The molecule has 0 fully saturated rings. The van der Waals surface area contributed by atoms with Gasteiger partial charge in [-0.2, -0.15) is 0 Å². The van der Waals surface area contributed by atoms with E-state index >= 15 is 0 Å². The first-order chi connectivity index (χ1) is 24.7. The van der Waals surface area contributed by atoms with E-state index < -0.39 is 6.17 Å². The summed E-state index contributed by atoms with van der Waals surface area (Å²) >= 11 is 0. The quantitative estimate of drug-likeness (QED) is 0.173. The normalized spacial score (nSPS) is 18.9. The van der Waals surface area contributed by atoms with Gasteiger partial charge in [-0.1, -0.05) is 97.1 Å². The minimum Gasteiger partial charge on any atom is -0.456 e. The number of ether oxygens (including phenoxy) is 1. The molecule has 4 heteroatoms. The standard InChI is InChI=1S/C46H35FN2O/c47-33-19-23-36(24-20-33)48(37-25-26-39-40-13-6-8-31-9-7-15-44(46(31)40)50-45(39)29-37)35-21-16-30(17-22-35)32-18-27-43-41(28-32)38-12-4-5-14-42(38)49(43)34-10-2-1-3-11-34/h1-19,21-23,25-27,29,32-33,36H,20,24,28H2. The topological polar surface area (TPSA) is 17.4 Å². The molecule has 1 aliphatic heterocycles. The van der Waals surface area contributed by atoms with E-state index in [9.17, 15) is 4.39 Å². The Balaban J connectivity index is 1.00. The molecule has 242 valence electrons. The van der Waals surface area contributed by atoms with Crippen molar-refractivity contribution in [1.82, 2.24) is 4.57 Å². The molecule has 6 aromatic carbocycles. The van der Waals surface area contributed by atoms with E-state index in [0.29, 0.717) is 6.42 Å². The van der Waals surface area contributed by atoms with Crippen LogP contribution < -0.4 is 9.64 Å². The first-order valence-corrected chi connectivity index (χ1v) is 17.6. The molecule has 0 amide bonds. The second-order valence-electron chi connectivity index (χ2n) is 13.7. The maximum atomic E-state index is 14.3. The summed E-state index contributed by atoms with van der Waals surface area (Å²) in [4.78, 5) is 2.35. The highest BCUT2D eigenvalue weighted by atomic mass is 19.1. The Hall–Kier alpha value is -5.87. The predicted molar refractivity (Wildman–Crippen MR) is 204 cm³/mol. The van der Waals surface area contributed by atoms with Gasteiger partial charge in [0, 0.05) is 51.1 Å². The van der Waals surface area contributed by atoms with Gasteiger partial charge in [0.25, 0.3) is 0 Å². The lowest BCUT2D eigenvalue weighted by atomic mass is 9.86. The Morgan fingerprint density at radius 3 is 2.30 bits per heavy atom. The van der Waals surface area contributed by atoms with Crippen molar-refractivity contribution in [3.63, 3.8) is 0 Å². The van der Waals surface area contributed by atoms with Crippen LogP contribution >= 0.6 is 0 Å². The third kappa shape index (κ3) is 4.70. The highest BCUT2D eigenvalue weighted by Gasteiger charge is 2.28. The van der Waals surface area contributed by atoms with Crippen LogP contribution in [0.1, 0.15) is 35.6 Å². The third-order valence-electron chi connectivity index (χ3n) is 10.8. The second-order valence-corrected chi connectivity index (χ2v) is 13.7. The molecule has 0 saturated heterocycles. The number of halogens is 1. The SMILES string of the molecule is FC1C=CC(N(c2ccc(C3C=Cc4c(c5ccccc5n4-c4ccccc4)C3)cc2)c2ccc3c(c2)Oc2cccc4cccc-3c24)CC1. The van der Waals surface area contributed by atoms with Crippen LogP contribution in [0.5, 0.6) is 11.5 Å². The number of anilines is 2. The van der Waals surface area contributed by atoms with Crippen molar-refractivity contribution in [2.45, 2.75) is 37.4 Å². The summed E-state index contributed by atoms with van der Waals surface area (Å²) in [5.74, 6) is 1.99. The van der Waals surface area contributed by atoms with E-state index in [-0.39, 0.29) is 12.0 Å². The van der Waals surface area contributed by atoms with Gasteiger partial charge in [0.2, 0.25) is 0 Å². The Morgan fingerprint density at radius 1 is 0.660 bits per heavy atom. The third-order valence-corrected chi connectivity index (χ3v) is 10.8. The fourth-order valence-corrected chi connectivity index (χ4v) is 8.40. The van der Waals surface area contributed by atoms with Gasteiger partial charge in [-0.15, -0.1) is 0 Å². The van der Waals surface area contributed by atoms with Crippen molar-refractivity contribution in [3.8, 4) is 28.3 Å². The second kappa shape index (κ2) is 11.6. The van der Waals surface area contributed by atoms with Gasteiger partial charge < -0.3 is 14.2 Å². The van der Waals surface area contributed by atoms with E-state index in [4.69, 9.17) is 4.74 Å². The summed E-state index contributed by atoms with van der Waals surface area (Å²) in [6.45, 7) is 0. The first-order valence-electron chi connectivity index (χ1n) is 17.6. The highest BCUT2D eigenvalue weighted by molar-refractivity contribution is 6.04. The van der Waals surface area contributed by atoms with Gasteiger partial charge in [-0.25, -0.2) is 4.39 Å². The molecule has 50 heavy (non-hydrogen) atoms. The first kappa shape index (κ1) is 29.1. The molecule has 0 radical (unpaired) electrons. The van der Waals surface area contributed by atoms with Crippen LogP contribution in [0, 0.1) is 0 Å². The van der Waals surface area contributed by atoms with Crippen molar-refractivity contribution in [1.29, 1.82) is 0 Å². The van der Waals surface area contributed by atoms with Crippen molar-refractivity contribution in [2.24, 2.45) is 0 Å². The summed E-state index contributed by atoms with van der Waals surface area (Å²) in [5, 5.41) is 3.64. The zero-order valence-electron chi connectivity index (χ0n) is 27.5. The van der Waals surface area contributed by atoms with Gasteiger partial charge in [0.15, 0.2) is 0 Å². The summed E-state index contributed by atoms with van der Waals surface area (Å²) < 4.78 is 23.3. The van der Waals surface area contributed by atoms with Crippen LogP contribution in [0.15, 0.2) is 152 Å². The van der Waals surface area contributed by atoms with Gasteiger partial charge in [-0.3, -0.25) is 0 Å². The lowest BCUT2D eigenvalue weighted by molar-refractivity contribution is 0.352. The van der Waals surface area contributed by atoms with Gasteiger partial charge in [0.1, 0.15) is 17.7 Å². The van der Waals surface area contributed by atoms with Crippen LogP contribution in [0.4, 0.5) is 15.8 Å². The van der Waals surface area contributed by atoms with E-state index in [1.807, 2.05) is 18.2 Å². The van der Waals surface area contributed by atoms with E-state index in [1.165, 1.54) is 44.4 Å². The molecular weight excluding hydrogens is 616 g/mol. The zero-order valence-corrected chi connectivity index (χ0v) is 27.5. The minimum absolute atomic E-state index is 0.0338. The Labute approximate surface area is 291 Å². The van der Waals surface area contributed by atoms with E-state index in [1.54, 1.807) is 6.08 Å². The molecule has 0 N–H and O–H groups in total. The molecule has 0 saturated carbocycles. The van der Waals surface area contributed by atoms with Crippen LogP contribution in [0.2, 0.25) is 0 Å². The number of hydrogen-bond donors (Lipinski definition) is 0. The highest BCUT2D eigenvalue weighted by Crippen LogP contribution is 2.48. The monoisotopic (exact) mass is 650 g/mol. The molecule has 0 spiro atoms. The lowest BCUT2D eigenvalue weighted by Gasteiger charge is -2.35. The molecular formula is C46H35FN2O. The number of fused-ring (bicyclic) bond motifs is 5. The van der Waals surface area contributed by atoms with Crippen molar-refractivity contribution in [3.05, 3.63) is 169 Å². The smallest absolute Gasteiger partial charge is 0.137 e. The number of aromatic nitrogens is 1. The fraction of sp³-hybridized carbons (Fsp3) is 0.130. The number of para-hydroxylation sites is 2. The van der Waals surface area contributed by atoms with Crippen LogP contribution in [0.3, 0.4) is 0 Å². The number of nitrogens with zero attached hydrogens (tertiary/aromatic N) is 2. The zero-order chi connectivity index (χ0) is 33.2. The molecule has 7 aromatic rings. The molecule has 3 unspecified atom stereocenters. The molecule has 0 bridgehead atoms. The van der Waals surface area contributed by atoms with Gasteiger partial charge in [0.05, 0.1) is 11.6 Å². The molecule has 2 aliphatic carbocycles. The Bertz CT molecular complexity index is 2470. The summed E-state index contributed by atoms with van der Waals surface area (Å²) in [5.41, 5.74) is 10.8. The average molecular weight is 651 g/mol. The Morgan fingerprint density at radius 2 is 1.46 bits per heavy atom. The molecule has 3 aliphatic rings. The molecule has 3 nitrogen and oxygen atoms in total. The number of benzene rings is 6. The predicted octanol–water partition coefficient (Wildman–Crippen LogP) is 12.1. The number of hydrogen-bond acceptors (Lipinski definition) is 2. The molecule has 2 heterocycles. The number of allylic oxidation sites excluding steroid dienone is 2. The summed E-state index contributed by atoms with van der Waals surface area (Å²) in [6.07, 6.45) is 9.71. The molecule has 1 aromatic heterocycles. The van der Waals surface area contributed by atoms with E-state index in [0.717, 1.165) is 46.7 Å². The number of alkyl halides is 1. The van der Waals surface area contributed by atoms with Crippen LogP contribution in [-0.2, 0) is 6.42 Å². The Kier molecular flexibility index (Phi) is 6.76. The minimum atomic E-state index is -0.893. The van der Waals surface area contributed by atoms with Gasteiger partial charge >= 0.3 is 0 Å². The maximum Gasteiger partial charge on any atom is 0.137 e. The number of rotatable bonds is 5. The van der Waals surface area contributed by atoms with Crippen molar-refractivity contribution >= 4 is 39.1 Å². The average Bonchev–Trinajstić information content (AvgIpc) is 3.50. The van der Waals surface area contributed by atoms with Crippen LogP contribution in [-0.4, -0.2) is 16.8 Å².